The average molecular weight is 275 g/mol. The minimum Gasteiger partial charge on any atom is -0.267 e. The highest BCUT2D eigenvalue weighted by Crippen LogP contribution is 2.43. The maximum atomic E-state index is 12.3. The Morgan fingerprint density at radius 2 is 1.76 bits per heavy atom. The van der Waals surface area contributed by atoms with Gasteiger partial charge in [-0.2, -0.15) is 0 Å². The van der Waals surface area contributed by atoms with E-state index in [9.17, 15) is 4.79 Å². The highest BCUT2D eigenvalue weighted by atomic mass is 16.1. The second kappa shape index (κ2) is 4.66. The number of amides is 1. The smallest absolute Gasteiger partial charge is 0.267 e. The SMILES string of the molecule is CCCCCC1=C2C(=NC1=O)c1cccc3cccc2c13. The van der Waals surface area contributed by atoms with Crippen molar-refractivity contribution in [2.75, 3.05) is 0 Å². The van der Waals surface area contributed by atoms with Crippen molar-refractivity contribution in [3.05, 3.63) is 53.1 Å². The van der Waals surface area contributed by atoms with Crippen LogP contribution in [0, 0.1) is 0 Å². The molecule has 1 aliphatic heterocycles. The minimum atomic E-state index is -0.0254. The Labute approximate surface area is 124 Å². The molecule has 0 unspecified atom stereocenters. The summed E-state index contributed by atoms with van der Waals surface area (Å²) in [5.41, 5.74) is 5.24. The molecule has 0 bridgehead atoms. The molecule has 104 valence electrons. The van der Waals surface area contributed by atoms with Crippen LogP contribution in [0.15, 0.2) is 47.0 Å². The fourth-order valence-electron chi connectivity index (χ4n) is 3.49. The van der Waals surface area contributed by atoms with E-state index in [-0.39, 0.29) is 5.91 Å². The number of allylic oxidation sites excluding steroid dienone is 1. The lowest BCUT2D eigenvalue weighted by Gasteiger charge is -2.05. The number of benzene rings is 2. The van der Waals surface area contributed by atoms with Crippen molar-refractivity contribution in [3.8, 4) is 0 Å². The summed E-state index contributed by atoms with van der Waals surface area (Å²) in [6, 6.07) is 12.6. The second-order valence-electron chi connectivity index (χ2n) is 5.79. The predicted molar refractivity (Wildman–Crippen MR) is 86.6 cm³/mol. The van der Waals surface area contributed by atoms with Crippen LogP contribution in [0.25, 0.3) is 16.3 Å². The number of hydrogen-bond donors (Lipinski definition) is 0. The first-order valence-electron chi connectivity index (χ1n) is 7.70. The number of aliphatic imine (C=N–C) groups is 1. The Morgan fingerprint density at radius 1 is 1.00 bits per heavy atom. The van der Waals surface area contributed by atoms with E-state index in [4.69, 9.17) is 0 Å². The van der Waals surface area contributed by atoms with Crippen LogP contribution in [0.2, 0.25) is 0 Å². The normalized spacial score (nSPS) is 15.9. The topological polar surface area (TPSA) is 29.4 Å². The van der Waals surface area contributed by atoms with Gasteiger partial charge in [-0.15, -0.1) is 0 Å². The number of rotatable bonds is 4. The molecule has 0 fully saturated rings. The monoisotopic (exact) mass is 275 g/mol. The Hall–Kier alpha value is -2.22. The van der Waals surface area contributed by atoms with Gasteiger partial charge in [-0.05, 0) is 29.2 Å². The van der Waals surface area contributed by atoms with Gasteiger partial charge >= 0.3 is 0 Å². The zero-order valence-corrected chi connectivity index (χ0v) is 12.1. The van der Waals surface area contributed by atoms with Crippen molar-refractivity contribution in [2.24, 2.45) is 4.99 Å². The zero-order chi connectivity index (χ0) is 14.4. The number of hydrogen-bond acceptors (Lipinski definition) is 1. The summed E-state index contributed by atoms with van der Waals surface area (Å²) in [6.45, 7) is 2.18. The van der Waals surface area contributed by atoms with Crippen LogP contribution in [0.5, 0.6) is 0 Å². The summed E-state index contributed by atoms with van der Waals surface area (Å²) in [6.07, 6.45) is 4.24. The van der Waals surface area contributed by atoms with Crippen molar-refractivity contribution < 1.29 is 4.79 Å². The van der Waals surface area contributed by atoms with Crippen molar-refractivity contribution in [1.29, 1.82) is 0 Å². The molecule has 2 aromatic rings. The van der Waals surface area contributed by atoms with Gasteiger partial charge in [0.25, 0.3) is 5.91 Å². The first-order chi connectivity index (χ1) is 10.3. The summed E-state index contributed by atoms with van der Waals surface area (Å²) in [4.78, 5) is 16.6. The lowest BCUT2D eigenvalue weighted by atomic mass is 9.97. The van der Waals surface area contributed by atoms with Gasteiger partial charge in [0.15, 0.2) is 0 Å². The highest BCUT2D eigenvalue weighted by molar-refractivity contribution is 6.49. The van der Waals surface area contributed by atoms with Crippen LogP contribution < -0.4 is 0 Å². The Kier molecular flexibility index (Phi) is 2.78. The lowest BCUT2D eigenvalue weighted by Crippen LogP contribution is -1.97. The van der Waals surface area contributed by atoms with E-state index in [1.807, 2.05) is 6.07 Å². The molecule has 1 heterocycles. The van der Waals surface area contributed by atoms with Crippen molar-refractivity contribution in [1.82, 2.24) is 0 Å². The van der Waals surface area contributed by atoms with Crippen LogP contribution in [-0.4, -0.2) is 11.6 Å². The molecule has 0 N–H and O–H groups in total. The third-order valence-electron chi connectivity index (χ3n) is 4.47. The highest BCUT2D eigenvalue weighted by Gasteiger charge is 2.34. The van der Waals surface area contributed by atoms with Crippen molar-refractivity contribution in [2.45, 2.75) is 32.6 Å². The molecule has 4 rings (SSSR count). The molecular weight excluding hydrogens is 258 g/mol. The molecule has 0 aromatic heterocycles. The van der Waals surface area contributed by atoms with Gasteiger partial charge in [-0.3, -0.25) is 4.79 Å². The summed E-state index contributed by atoms with van der Waals surface area (Å²) in [5, 5.41) is 2.49. The largest absolute Gasteiger partial charge is 0.274 e. The van der Waals surface area contributed by atoms with Gasteiger partial charge in [0.05, 0.1) is 5.71 Å². The maximum Gasteiger partial charge on any atom is 0.274 e. The van der Waals surface area contributed by atoms with Gasteiger partial charge in [-0.25, -0.2) is 4.99 Å². The second-order valence-corrected chi connectivity index (χ2v) is 5.79. The number of unbranched alkanes of at least 4 members (excludes halogenated alkanes) is 2. The fourth-order valence-corrected chi connectivity index (χ4v) is 3.49. The number of carbonyl (C=O) groups is 1. The first kappa shape index (κ1) is 12.5. The van der Waals surface area contributed by atoms with E-state index in [1.165, 1.54) is 22.8 Å². The Morgan fingerprint density at radius 3 is 2.52 bits per heavy atom. The van der Waals surface area contributed by atoms with Crippen LogP contribution >= 0.6 is 0 Å². The average Bonchev–Trinajstić information content (AvgIpc) is 2.98. The maximum absolute atomic E-state index is 12.3. The molecule has 1 amide bonds. The molecular formula is C19H17NO. The van der Waals surface area contributed by atoms with Gasteiger partial charge in [0, 0.05) is 16.7 Å². The molecule has 2 heteroatoms. The number of carbonyl (C=O) groups excluding carboxylic acids is 1. The van der Waals surface area contributed by atoms with Gasteiger partial charge in [-0.1, -0.05) is 56.2 Å². The molecule has 1 aliphatic carbocycles. The van der Waals surface area contributed by atoms with Crippen LogP contribution in [0.4, 0.5) is 0 Å². The minimum absolute atomic E-state index is 0.0254. The van der Waals surface area contributed by atoms with E-state index < -0.39 is 0 Å². The molecule has 0 radical (unpaired) electrons. The Bertz CT molecular complexity index is 821. The molecule has 0 spiro atoms. The zero-order valence-electron chi connectivity index (χ0n) is 12.1. The third-order valence-corrected chi connectivity index (χ3v) is 4.47. The summed E-state index contributed by atoms with van der Waals surface area (Å²) < 4.78 is 0. The molecule has 0 saturated heterocycles. The fraction of sp³-hybridized carbons (Fsp3) is 0.263. The summed E-state index contributed by atoms with van der Waals surface area (Å²) in [7, 11) is 0. The quantitative estimate of drug-likeness (QED) is 0.754. The molecule has 2 aliphatic rings. The van der Waals surface area contributed by atoms with Crippen molar-refractivity contribution in [3.63, 3.8) is 0 Å². The summed E-state index contributed by atoms with van der Waals surface area (Å²) >= 11 is 0. The number of nitrogens with zero attached hydrogens (tertiary/aromatic N) is 1. The molecule has 0 saturated carbocycles. The molecule has 21 heavy (non-hydrogen) atoms. The standard InChI is InChI=1S/C19H17NO/c1-2-3-4-9-15-17-13-10-5-7-12-8-6-11-14(16(12)13)18(17)20-19(15)21/h5-8,10-11H,2-4,9H2,1H3. The van der Waals surface area contributed by atoms with Gasteiger partial charge in [0.2, 0.25) is 0 Å². The van der Waals surface area contributed by atoms with Crippen LogP contribution in [0.3, 0.4) is 0 Å². The van der Waals surface area contributed by atoms with E-state index in [1.54, 1.807) is 0 Å². The molecule has 2 nitrogen and oxygen atoms in total. The van der Waals surface area contributed by atoms with Gasteiger partial charge in [0.1, 0.15) is 0 Å². The van der Waals surface area contributed by atoms with Crippen LogP contribution in [-0.2, 0) is 4.79 Å². The van der Waals surface area contributed by atoms with E-state index >= 15 is 0 Å². The van der Waals surface area contributed by atoms with Crippen LogP contribution in [0.1, 0.15) is 43.7 Å². The van der Waals surface area contributed by atoms with Crippen molar-refractivity contribution >= 4 is 28.0 Å². The van der Waals surface area contributed by atoms with E-state index in [2.05, 4.69) is 42.2 Å². The third kappa shape index (κ3) is 1.72. The van der Waals surface area contributed by atoms with E-state index in [0.29, 0.717) is 0 Å². The Balaban J connectivity index is 1.91. The molecule has 2 aromatic carbocycles. The first-order valence-corrected chi connectivity index (χ1v) is 7.70. The lowest BCUT2D eigenvalue weighted by molar-refractivity contribution is -0.114. The molecule has 0 atom stereocenters. The van der Waals surface area contributed by atoms with E-state index in [0.717, 1.165) is 41.7 Å². The predicted octanol–water partition coefficient (Wildman–Crippen LogP) is 4.52. The summed E-state index contributed by atoms with van der Waals surface area (Å²) in [5.74, 6) is -0.0254. The van der Waals surface area contributed by atoms with Gasteiger partial charge < -0.3 is 0 Å². The number of fused-ring (bicyclic) bond motifs is 3.